The summed E-state index contributed by atoms with van der Waals surface area (Å²) in [4.78, 5) is 22.9. The van der Waals surface area contributed by atoms with Crippen LogP contribution < -0.4 is 10.2 Å². The lowest BCUT2D eigenvalue weighted by Crippen LogP contribution is -2.44. The van der Waals surface area contributed by atoms with E-state index in [1.165, 1.54) is 6.07 Å². The van der Waals surface area contributed by atoms with Gasteiger partial charge in [-0.3, -0.25) is 4.79 Å². The molecule has 0 aliphatic carbocycles. The number of benzene rings is 1. The van der Waals surface area contributed by atoms with Crippen LogP contribution in [0, 0.1) is 11.7 Å². The predicted octanol–water partition coefficient (Wildman–Crippen LogP) is 2.19. The number of carbonyl (C=O) groups excluding carboxylic acids is 1. The van der Waals surface area contributed by atoms with Gasteiger partial charge in [0.25, 0.3) is 0 Å². The van der Waals surface area contributed by atoms with Crippen LogP contribution in [-0.2, 0) is 11.2 Å². The van der Waals surface area contributed by atoms with E-state index in [4.69, 9.17) is 0 Å². The first-order valence-corrected chi connectivity index (χ1v) is 8.27. The van der Waals surface area contributed by atoms with E-state index in [-0.39, 0.29) is 17.6 Å². The van der Waals surface area contributed by atoms with Crippen molar-refractivity contribution in [3.05, 3.63) is 54.1 Å². The zero-order valence-corrected chi connectivity index (χ0v) is 13.5. The maximum Gasteiger partial charge on any atom is 0.225 e. The number of hydrogen-bond acceptors (Lipinski definition) is 4. The number of piperidine rings is 1. The highest BCUT2D eigenvalue weighted by molar-refractivity contribution is 5.79. The van der Waals surface area contributed by atoms with Gasteiger partial charge >= 0.3 is 0 Å². The maximum atomic E-state index is 13.6. The molecular formula is C18H21FN4O. The molecule has 3 rings (SSSR count). The van der Waals surface area contributed by atoms with Gasteiger partial charge in [0.1, 0.15) is 5.82 Å². The molecule has 1 amide bonds. The molecule has 126 valence electrons. The van der Waals surface area contributed by atoms with Gasteiger partial charge in [0.15, 0.2) is 0 Å². The van der Waals surface area contributed by atoms with Crippen LogP contribution in [0.4, 0.5) is 10.3 Å². The van der Waals surface area contributed by atoms with Crippen molar-refractivity contribution in [2.24, 2.45) is 5.92 Å². The van der Waals surface area contributed by atoms with Crippen LogP contribution in [-0.4, -0.2) is 35.5 Å². The Hall–Kier alpha value is -2.50. The zero-order chi connectivity index (χ0) is 16.8. The highest BCUT2D eigenvalue weighted by atomic mass is 19.1. The molecule has 1 aromatic carbocycles. The molecule has 0 spiro atoms. The molecule has 0 radical (unpaired) electrons. The molecular weight excluding hydrogens is 307 g/mol. The Morgan fingerprint density at radius 2 is 2.04 bits per heavy atom. The van der Waals surface area contributed by atoms with Gasteiger partial charge in [-0.25, -0.2) is 14.4 Å². The third kappa shape index (κ3) is 4.07. The molecule has 1 N–H and O–H groups in total. The standard InChI is InChI=1S/C18H21FN4O/c19-16-7-2-1-5-14(16)8-11-20-17(24)15-6-3-12-23(13-15)18-21-9-4-10-22-18/h1-2,4-5,7,9-10,15H,3,6,8,11-13H2,(H,20,24)/t15-/m0/s1. The van der Waals surface area contributed by atoms with E-state index >= 15 is 0 Å². The molecule has 1 aromatic heterocycles. The highest BCUT2D eigenvalue weighted by Gasteiger charge is 2.26. The van der Waals surface area contributed by atoms with Crippen molar-refractivity contribution < 1.29 is 9.18 Å². The van der Waals surface area contributed by atoms with Gasteiger partial charge in [0, 0.05) is 32.0 Å². The van der Waals surface area contributed by atoms with Crippen molar-refractivity contribution >= 4 is 11.9 Å². The summed E-state index contributed by atoms with van der Waals surface area (Å²) in [6, 6.07) is 8.44. The van der Waals surface area contributed by atoms with Crippen molar-refractivity contribution in [3.8, 4) is 0 Å². The molecule has 2 aromatic rings. The molecule has 1 saturated heterocycles. The van der Waals surface area contributed by atoms with E-state index in [2.05, 4.69) is 15.3 Å². The summed E-state index contributed by atoms with van der Waals surface area (Å²) in [5, 5.41) is 2.93. The minimum absolute atomic E-state index is 0.0203. The number of halogens is 1. The Bertz CT molecular complexity index is 680. The number of aromatic nitrogens is 2. The van der Waals surface area contributed by atoms with Crippen LogP contribution in [0.15, 0.2) is 42.7 Å². The average Bonchev–Trinajstić information content (AvgIpc) is 2.64. The molecule has 2 heterocycles. The van der Waals surface area contributed by atoms with Crippen LogP contribution in [0.2, 0.25) is 0 Å². The molecule has 6 heteroatoms. The third-order valence-corrected chi connectivity index (χ3v) is 4.28. The van der Waals surface area contributed by atoms with E-state index in [1.807, 2.05) is 4.90 Å². The SMILES string of the molecule is O=C(NCCc1ccccc1F)[C@H]1CCCN(c2ncccn2)C1. The van der Waals surface area contributed by atoms with Crippen molar-refractivity contribution in [2.75, 3.05) is 24.5 Å². The second-order valence-electron chi connectivity index (χ2n) is 5.97. The summed E-state index contributed by atoms with van der Waals surface area (Å²) in [7, 11) is 0. The minimum Gasteiger partial charge on any atom is -0.355 e. The summed E-state index contributed by atoms with van der Waals surface area (Å²) in [5.41, 5.74) is 0.626. The first-order valence-electron chi connectivity index (χ1n) is 8.27. The Labute approximate surface area is 140 Å². The van der Waals surface area contributed by atoms with Gasteiger partial charge in [-0.05, 0) is 37.0 Å². The maximum absolute atomic E-state index is 13.6. The largest absolute Gasteiger partial charge is 0.355 e. The fraction of sp³-hybridized carbons (Fsp3) is 0.389. The number of rotatable bonds is 5. The van der Waals surface area contributed by atoms with Crippen molar-refractivity contribution in [1.29, 1.82) is 0 Å². The van der Waals surface area contributed by atoms with Crippen LogP contribution in [0.1, 0.15) is 18.4 Å². The average molecular weight is 328 g/mol. The lowest BCUT2D eigenvalue weighted by atomic mass is 9.97. The Kier molecular flexibility index (Phi) is 5.36. The van der Waals surface area contributed by atoms with E-state index in [0.29, 0.717) is 31.0 Å². The molecule has 1 atom stereocenters. The molecule has 24 heavy (non-hydrogen) atoms. The summed E-state index contributed by atoms with van der Waals surface area (Å²) < 4.78 is 13.6. The van der Waals surface area contributed by atoms with Crippen LogP contribution in [0.25, 0.3) is 0 Å². The molecule has 0 saturated carbocycles. The van der Waals surface area contributed by atoms with E-state index in [0.717, 1.165) is 19.4 Å². The van der Waals surface area contributed by atoms with Crippen molar-refractivity contribution in [3.63, 3.8) is 0 Å². The van der Waals surface area contributed by atoms with Crippen LogP contribution in [0.5, 0.6) is 0 Å². The summed E-state index contributed by atoms with van der Waals surface area (Å²) in [6.45, 7) is 1.93. The van der Waals surface area contributed by atoms with Crippen molar-refractivity contribution in [2.45, 2.75) is 19.3 Å². The van der Waals surface area contributed by atoms with Gasteiger partial charge in [0.05, 0.1) is 5.92 Å². The smallest absolute Gasteiger partial charge is 0.225 e. The fourth-order valence-electron chi connectivity index (χ4n) is 2.99. The number of amides is 1. The quantitative estimate of drug-likeness (QED) is 0.914. The lowest BCUT2D eigenvalue weighted by molar-refractivity contribution is -0.125. The lowest BCUT2D eigenvalue weighted by Gasteiger charge is -2.31. The van der Waals surface area contributed by atoms with Crippen molar-refractivity contribution in [1.82, 2.24) is 15.3 Å². The van der Waals surface area contributed by atoms with Gasteiger partial charge in [-0.2, -0.15) is 0 Å². The topological polar surface area (TPSA) is 58.1 Å². The van der Waals surface area contributed by atoms with Gasteiger partial charge in [-0.1, -0.05) is 18.2 Å². The van der Waals surface area contributed by atoms with Gasteiger partial charge in [0.2, 0.25) is 11.9 Å². The molecule has 5 nitrogen and oxygen atoms in total. The number of nitrogens with one attached hydrogen (secondary N) is 1. The van der Waals surface area contributed by atoms with E-state index in [9.17, 15) is 9.18 Å². The molecule has 1 fully saturated rings. The number of nitrogens with zero attached hydrogens (tertiary/aromatic N) is 3. The third-order valence-electron chi connectivity index (χ3n) is 4.28. The first kappa shape index (κ1) is 16.4. The second-order valence-corrected chi connectivity index (χ2v) is 5.97. The molecule has 0 unspecified atom stereocenters. The number of carbonyl (C=O) groups is 1. The van der Waals surface area contributed by atoms with Gasteiger partial charge in [-0.15, -0.1) is 0 Å². The fourth-order valence-corrected chi connectivity index (χ4v) is 2.99. The Balaban J connectivity index is 1.50. The Morgan fingerprint density at radius 1 is 1.25 bits per heavy atom. The predicted molar refractivity (Wildman–Crippen MR) is 90.1 cm³/mol. The van der Waals surface area contributed by atoms with E-state index < -0.39 is 0 Å². The normalized spacial score (nSPS) is 17.5. The van der Waals surface area contributed by atoms with E-state index in [1.54, 1.807) is 36.7 Å². The monoisotopic (exact) mass is 328 g/mol. The molecule has 1 aliphatic rings. The first-order chi connectivity index (χ1) is 11.7. The zero-order valence-electron chi connectivity index (χ0n) is 13.5. The molecule has 0 bridgehead atoms. The van der Waals surface area contributed by atoms with Crippen LogP contribution in [0.3, 0.4) is 0 Å². The second kappa shape index (κ2) is 7.86. The summed E-state index contributed by atoms with van der Waals surface area (Å²) in [6.07, 6.45) is 5.70. The van der Waals surface area contributed by atoms with Crippen LogP contribution >= 0.6 is 0 Å². The minimum atomic E-state index is -0.225. The molecule has 1 aliphatic heterocycles. The summed E-state index contributed by atoms with van der Waals surface area (Å²) >= 11 is 0. The highest BCUT2D eigenvalue weighted by Crippen LogP contribution is 2.20. The number of hydrogen-bond donors (Lipinski definition) is 1. The summed E-state index contributed by atoms with van der Waals surface area (Å²) in [5.74, 6) is 0.383. The number of anilines is 1. The Morgan fingerprint density at radius 3 is 2.83 bits per heavy atom. The van der Waals surface area contributed by atoms with Gasteiger partial charge < -0.3 is 10.2 Å².